The van der Waals surface area contributed by atoms with Gasteiger partial charge in [-0.05, 0) is 43.9 Å². The molecule has 35 heavy (non-hydrogen) atoms. The molecule has 5 rings (SSSR count). The summed E-state index contributed by atoms with van der Waals surface area (Å²) in [6.45, 7) is -0.297. The van der Waals surface area contributed by atoms with Crippen molar-refractivity contribution in [1.82, 2.24) is 4.48 Å². The van der Waals surface area contributed by atoms with Gasteiger partial charge in [0, 0.05) is 24.0 Å². The molecule has 0 saturated heterocycles. The van der Waals surface area contributed by atoms with Crippen LogP contribution < -0.4 is 20.7 Å². The van der Waals surface area contributed by atoms with E-state index in [2.05, 4.69) is 4.99 Å². The van der Waals surface area contributed by atoms with Crippen LogP contribution in [-0.2, 0) is 11.4 Å². The van der Waals surface area contributed by atoms with Gasteiger partial charge in [-0.2, -0.15) is 4.48 Å². The number of amides is 1. The number of nitrogens with zero attached hydrogens (tertiary/aromatic N) is 3. The van der Waals surface area contributed by atoms with Crippen LogP contribution in [0.2, 0.25) is 0 Å². The third-order valence-corrected chi connectivity index (χ3v) is 7.00. The fourth-order valence-electron chi connectivity index (χ4n) is 4.96. The molecule has 180 valence electrons. The van der Waals surface area contributed by atoms with Crippen molar-refractivity contribution in [3.63, 3.8) is 0 Å². The van der Waals surface area contributed by atoms with Crippen LogP contribution in [0.15, 0.2) is 70.2 Å². The van der Waals surface area contributed by atoms with Gasteiger partial charge in [-0.3, -0.25) is 9.79 Å². The largest absolute Gasteiger partial charge is 0.486 e. The van der Waals surface area contributed by atoms with Gasteiger partial charge in [0.25, 0.3) is 0 Å². The van der Waals surface area contributed by atoms with E-state index >= 15 is 0 Å². The molecule has 4 N–H and O–H groups in total. The minimum absolute atomic E-state index is 0.0857. The van der Waals surface area contributed by atoms with Gasteiger partial charge in [0.05, 0.1) is 23.7 Å². The summed E-state index contributed by atoms with van der Waals surface area (Å²) >= 11 is 0. The van der Waals surface area contributed by atoms with Crippen molar-refractivity contribution in [2.24, 2.45) is 27.6 Å². The second-order valence-electron chi connectivity index (χ2n) is 9.03. The van der Waals surface area contributed by atoms with Gasteiger partial charge in [-0.25, -0.2) is 13.8 Å². The lowest BCUT2D eigenvalue weighted by Crippen LogP contribution is -2.41. The Morgan fingerprint density at radius 2 is 1.86 bits per heavy atom. The molecule has 9 heteroatoms. The Morgan fingerprint density at radius 1 is 1.11 bits per heavy atom. The Hall–Kier alpha value is -3.85. The van der Waals surface area contributed by atoms with E-state index in [1.807, 2.05) is 18.6 Å². The molecule has 1 fully saturated rings. The highest BCUT2D eigenvalue weighted by atomic mass is 19.1. The van der Waals surface area contributed by atoms with Crippen molar-refractivity contribution in [3.05, 3.63) is 77.4 Å². The Kier molecular flexibility index (Phi) is 5.94. The standard InChI is InChI=1S/C26H25F2N5O2/c27-20-2-1-3-21(28)19(20)14-35-24-12-18(8-9-22(24)29)33-11-10-31-13-23(33)25(32-15-33)16-4-6-17(7-5-16)26(30)34/h1-3,8-13,15-17H,4-7,14,29H2,(H-,30,34)/p+1. The summed E-state index contributed by atoms with van der Waals surface area (Å²) in [6, 6.07) is 9.02. The van der Waals surface area contributed by atoms with Crippen molar-refractivity contribution >= 4 is 29.8 Å². The Labute approximate surface area is 201 Å². The van der Waals surface area contributed by atoms with Crippen LogP contribution in [0.3, 0.4) is 0 Å². The number of carbonyl (C=O) groups excluding carboxylic acids is 1. The predicted molar refractivity (Wildman–Crippen MR) is 131 cm³/mol. The van der Waals surface area contributed by atoms with E-state index in [4.69, 9.17) is 21.2 Å². The molecule has 0 aromatic heterocycles. The molecule has 2 aromatic rings. The number of hydrogen-bond acceptors (Lipinski definition) is 5. The molecule has 1 atom stereocenters. The summed E-state index contributed by atoms with van der Waals surface area (Å²) in [5, 5.41) is 0. The van der Waals surface area contributed by atoms with Crippen molar-refractivity contribution in [3.8, 4) is 5.75 Å². The second kappa shape index (κ2) is 9.07. The van der Waals surface area contributed by atoms with Crippen LogP contribution >= 0.6 is 0 Å². The zero-order chi connectivity index (χ0) is 24.6. The smallest absolute Gasteiger partial charge is 0.220 e. The lowest BCUT2D eigenvalue weighted by Gasteiger charge is -2.30. The first-order valence-electron chi connectivity index (χ1n) is 11.5. The number of nitrogen functional groups attached to an aromatic ring is 1. The third-order valence-electron chi connectivity index (χ3n) is 7.00. The second-order valence-corrected chi connectivity index (χ2v) is 9.03. The van der Waals surface area contributed by atoms with Gasteiger partial charge in [0.15, 0.2) is 11.4 Å². The topological polar surface area (TPSA) is 103 Å². The highest BCUT2D eigenvalue weighted by molar-refractivity contribution is 5.98. The molecule has 1 aliphatic carbocycles. The number of ether oxygens (including phenoxy) is 1. The number of fused-ring (bicyclic) bond motifs is 1. The maximum absolute atomic E-state index is 14.1. The normalized spacial score (nSPS) is 25.1. The van der Waals surface area contributed by atoms with Crippen LogP contribution in [0.4, 0.5) is 20.2 Å². The number of quaternary nitrogens is 1. The van der Waals surface area contributed by atoms with Crippen LogP contribution in [0, 0.1) is 23.5 Å². The molecule has 0 radical (unpaired) electrons. The molecular weight excluding hydrogens is 452 g/mol. The Bertz CT molecular complexity index is 1270. The zero-order valence-electron chi connectivity index (χ0n) is 19.0. The van der Waals surface area contributed by atoms with E-state index in [0.717, 1.165) is 42.8 Å². The summed E-state index contributed by atoms with van der Waals surface area (Å²) < 4.78 is 34.1. The fourth-order valence-corrected chi connectivity index (χ4v) is 4.96. The average molecular weight is 479 g/mol. The highest BCUT2D eigenvalue weighted by Gasteiger charge is 2.43. The van der Waals surface area contributed by atoms with Crippen molar-refractivity contribution in [2.45, 2.75) is 32.3 Å². The molecule has 2 aromatic carbocycles. The van der Waals surface area contributed by atoms with Gasteiger partial charge >= 0.3 is 0 Å². The van der Waals surface area contributed by atoms with Gasteiger partial charge in [-0.15, -0.1) is 0 Å². The van der Waals surface area contributed by atoms with Gasteiger partial charge in [-0.1, -0.05) is 6.07 Å². The van der Waals surface area contributed by atoms with Crippen molar-refractivity contribution < 1.29 is 18.3 Å². The highest BCUT2D eigenvalue weighted by Crippen LogP contribution is 2.43. The summed E-state index contributed by atoms with van der Waals surface area (Å²) in [5.41, 5.74) is 14.5. The molecule has 3 aliphatic rings. The van der Waals surface area contributed by atoms with Crippen LogP contribution in [0.1, 0.15) is 31.2 Å². The summed E-state index contributed by atoms with van der Waals surface area (Å²) in [7, 11) is 0. The third kappa shape index (κ3) is 4.12. The number of carbonyl (C=O) groups is 1. The maximum Gasteiger partial charge on any atom is 0.220 e. The van der Waals surface area contributed by atoms with E-state index in [0.29, 0.717) is 11.4 Å². The maximum atomic E-state index is 14.1. The first kappa shape index (κ1) is 22.9. The Balaban J connectivity index is 1.44. The number of nitrogens with two attached hydrogens (primary N) is 2. The number of anilines is 1. The van der Waals surface area contributed by atoms with E-state index in [1.165, 1.54) is 18.2 Å². The fraction of sp³-hybridized carbons (Fsp3) is 0.269. The first-order chi connectivity index (χ1) is 16.9. The SMILES string of the molecule is NC(=O)C1CCC(C2=C3C=NC=C[N+]3(c3ccc(N)c(OCc4c(F)cccc4F)c3)C=N2)CC1. The lowest BCUT2D eigenvalue weighted by molar-refractivity contribution is -0.122. The molecule has 1 saturated carbocycles. The molecule has 0 bridgehead atoms. The molecule has 1 unspecified atom stereocenters. The molecular formula is C26H26F2N5O2+. The van der Waals surface area contributed by atoms with Crippen molar-refractivity contribution in [1.29, 1.82) is 0 Å². The zero-order valence-corrected chi connectivity index (χ0v) is 19.0. The number of benzene rings is 2. The number of primary amides is 1. The average Bonchev–Trinajstić information content (AvgIpc) is 3.25. The minimum atomic E-state index is -0.677. The number of aliphatic imine (C=N–C) groups is 2. The lowest BCUT2D eigenvalue weighted by atomic mass is 9.80. The monoisotopic (exact) mass is 478 g/mol. The van der Waals surface area contributed by atoms with Crippen LogP contribution in [0.5, 0.6) is 5.75 Å². The number of hydrogen-bond donors (Lipinski definition) is 2. The van der Waals surface area contributed by atoms with E-state index in [1.54, 1.807) is 24.5 Å². The summed E-state index contributed by atoms with van der Waals surface area (Å²) in [5.74, 6) is -1.17. The van der Waals surface area contributed by atoms with Gasteiger partial charge in [0.1, 0.15) is 35.9 Å². The molecule has 2 aliphatic heterocycles. The van der Waals surface area contributed by atoms with Crippen LogP contribution in [0.25, 0.3) is 0 Å². The minimum Gasteiger partial charge on any atom is -0.486 e. The number of allylic oxidation sites excluding steroid dienone is 2. The number of halogens is 2. The van der Waals surface area contributed by atoms with Crippen molar-refractivity contribution in [2.75, 3.05) is 5.73 Å². The molecule has 2 heterocycles. The van der Waals surface area contributed by atoms with E-state index in [-0.39, 0.29) is 34.4 Å². The molecule has 7 nitrogen and oxygen atoms in total. The summed E-state index contributed by atoms with van der Waals surface area (Å²) in [6.07, 6.45) is 10.4. The van der Waals surface area contributed by atoms with Gasteiger partial charge in [0.2, 0.25) is 12.2 Å². The quantitative estimate of drug-likeness (QED) is 0.471. The first-order valence-corrected chi connectivity index (χ1v) is 11.5. The van der Waals surface area contributed by atoms with E-state index < -0.39 is 11.6 Å². The predicted octanol–water partition coefficient (Wildman–Crippen LogP) is 4.53. The Morgan fingerprint density at radius 3 is 2.57 bits per heavy atom. The molecule has 1 amide bonds. The van der Waals surface area contributed by atoms with E-state index in [9.17, 15) is 13.6 Å². The summed E-state index contributed by atoms with van der Waals surface area (Å²) in [4.78, 5) is 20.7. The van der Waals surface area contributed by atoms with Gasteiger partial charge < -0.3 is 16.2 Å². The van der Waals surface area contributed by atoms with Crippen LogP contribution in [-0.4, -0.2) is 18.5 Å². The molecule has 0 spiro atoms. The number of rotatable bonds is 6.